The van der Waals surface area contributed by atoms with Gasteiger partial charge in [0, 0.05) is 61.3 Å². The van der Waals surface area contributed by atoms with Crippen molar-refractivity contribution in [3.05, 3.63) is 35.5 Å². The molecule has 26 heavy (non-hydrogen) atoms. The van der Waals surface area contributed by atoms with Crippen LogP contribution in [0, 0.1) is 17.8 Å². The second kappa shape index (κ2) is 6.06. The Labute approximate surface area is 154 Å². The van der Waals surface area contributed by atoms with Crippen molar-refractivity contribution >= 4 is 10.9 Å². The number of piperidine rings is 3. The van der Waals surface area contributed by atoms with E-state index in [1.165, 1.54) is 22.2 Å². The molecule has 4 aliphatic heterocycles. The third kappa shape index (κ3) is 2.06. The number of para-hydroxylation sites is 1. The second-order valence-electron chi connectivity index (χ2n) is 8.20. The maximum atomic E-state index is 10.1. The summed E-state index contributed by atoms with van der Waals surface area (Å²) in [5, 5.41) is 11.4. The Morgan fingerprint density at radius 3 is 2.77 bits per heavy atom. The van der Waals surface area contributed by atoms with Crippen LogP contribution >= 0.6 is 0 Å². The minimum Gasteiger partial charge on any atom is -0.396 e. The third-order valence-corrected chi connectivity index (χ3v) is 7.40. The zero-order valence-corrected chi connectivity index (χ0v) is 15.7. The van der Waals surface area contributed by atoms with E-state index >= 15 is 0 Å². The SMILES string of the molecule is COC(OC)[C@@H]1C2C[C@H]3c4[nH]c5ccccc5c4C[C@@H]1N3[C@@H](C)[C@H]2CO. The number of aromatic nitrogens is 1. The summed E-state index contributed by atoms with van der Waals surface area (Å²) in [4.78, 5) is 6.36. The molecule has 4 aliphatic rings. The van der Waals surface area contributed by atoms with Crippen LogP contribution in [-0.4, -0.2) is 54.2 Å². The largest absolute Gasteiger partial charge is 0.396 e. The van der Waals surface area contributed by atoms with Crippen molar-refractivity contribution < 1.29 is 14.6 Å². The molecular formula is C21H28N2O3. The molecule has 0 radical (unpaired) electrons. The van der Waals surface area contributed by atoms with Crippen molar-refractivity contribution in [3.63, 3.8) is 0 Å². The van der Waals surface area contributed by atoms with Gasteiger partial charge >= 0.3 is 0 Å². The summed E-state index contributed by atoms with van der Waals surface area (Å²) in [7, 11) is 3.47. The number of nitrogens with zero attached hydrogens (tertiary/aromatic N) is 1. The number of hydrogen-bond acceptors (Lipinski definition) is 4. The van der Waals surface area contributed by atoms with Gasteiger partial charge in [-0.1, -0.05) is 18.2 Å². The smallest absolute Gasteiger partial charge is 0.161 e. The summed E-state index contributed by atoms with van der Waals surface area (Å²) < 4.78 is 11.5. The standard InChI is InChI=1S/C21H28N2O3/c1-11-15(10-24)13-8-18-20-14(12-6-4-5-7-16(12)22-20)9-17(23(11)18)19(13)21(25-2)26-3/h4-7,11,13,15,17-19,21-22,24H,8-10H2,1-3H3/t11-,13?,15+,17-,18-,19+/m0/s1. The summed E-state index contributed by atoms with van der Waals surface area (Å²) in [6, 6.07) is 9.81. The Bertz CT molecular complexity index is 815. The molecule has 5 heteroatoms. The zero-order valence-electron chi connectivity index (χ0n) is 15.7. The van der Waals surface area contributed by atoms with E-state index in [0.717, 1.165) is 12.8 Å². The number of methoxy groups -OCH3 is 2. The number of benzene rings is 1. The minimum atomic E-state index is -0.221. The highest BCUT2D eigenvalue weighted by molar-refractivity contribution is 5.85. The molecule has 3 fully saturated rings. The fourth-order valence-electron chi connectivity index (χ4n) is 6.40. The van der Waals surface area contributed by atoms with Crippen molar-refractivity contribution in [2.24, 2.45) is 17.8 Å². The van der Waals surface area contributed by atoms with Gasteiger partial charge in [-0.05, 0) is 37.3 Å². The van der Waals surface area contributed by atoms with E-state index in [-0.39, 0.29) is 24.7 Å². The lowest BCUT2D eigenvalue weighted by Crippen LogP contribution is -2.69. The Morgan fingerprint density at radius 2 is 2.04 bits per heavy atom. The lowest BCUT2D eigenvalue weighted by Gasteiger charge is -2.64. The molecule has 4 bridgehead atoms. The molecule has 2 N–H and O–H groups in total. The number of ether oxygens (including phenoxy) is 2. The Balaban J connectivity index is 1.65. The van der Waals surface area contributed by atoms with Crippen LogP contribution in [0.2, 0.25) is 0 Å². The first kappa shape index (κ1) is 16.8. The van der Waals surface area contributed by atoms with E-state index in [0.29, 0.717) is 24.0 Å². The quantitative estimate of drug-likeness (QED) is 0.827. The Kier molecular flexibility index (Phi) is 3.90. The van der Waals surface area contributed by atoms with Gasteiger partial charge in [0.05, 0.1) is 6.04 Å². The summed E-state index contributed by atoms with van der Waals surface area (Å²) in [5.74, 6) is 0.988. The van der Waals surface area contributed by atoms with Crippen LogP contribution in [0.5, 0.6) is 0 Å². The second-order valence-corrected chi connectivity index (χ2v) is 8.20. The van der Waals surface area contributed by atoms with Crippen molar-refractivity contribution in [1.82, 2.24) is 9.88 Å². The monoisotopic (exact) mass is 356 g/mol. The summed E-state index contributed by atoms with van der Waals surface area (Å²) in [6.45, 7) is 2.52. The van der Waals surface area contributed by atoms with Gasteiger partial charge in [-0.2, -0.15) is 0 Å². The summed E-state index contributed by atoms with van der Waals surface area (Å²) in [5.41, 5.74) is 4.09. The average Bonchev–Trinajstić information content (AvgIpc) is 3.03. The molecule has 3 saturated heterocycles. The maximum Gasteiger partial charge on any atom is 0.161 e. The molecule has 5 heterocycles. The van der Waals surface area contributed by atoms with Gasteiger partial charge in [-0.25, -0.2) is 0 Å². The average molecular weight is 356 g/mol. The van der Waals surface area contributed by atoms with E-state index in [1.54, 1.807) is 14.2 Å². The van der Waals surface area contributed by atoms with Crippen molar-refractivity contribution in [2.45, 2.75) is 44.2 Å². The molecule has 0 spiro atoms. The van der Waals surface area contributed by atoms with Crippen LogP contribution in [0.25, 0.3) is 10.9 Å². The lowest BCUT2D eigenvalue weighted by molar-refractivity contribution is -0.233. The zero-order chi connectivity index (χ0) is 18.0. The number of nitrogens with one attached hydrogen (secondary N) is 1. The van der Waals surface area contributed by atoms with Crippen molar-refractivity contribution in [1.29, 1.82) is 0 Å². The molecule has 7 atom stereocenters. The molecule has 0 saturated carbocycles. The molecule has 0 amide bonds. The summed E-state index contributed by atoms with van der Waals surface area (Å²) >= 11 is 0. The maximum absolute atomic E-state index is 10.1. The van der Waals surface area contributed by atoms with E-state index in [1.807, 2.05) is 0 Å². The predicted octanol–water partition coefficient (Wildman–Crippen LogP) is 2.70. The first-order valence-corrected chi connectivity index (χ1v) is 9.73. The highest BCUT2D eigenvalue weighted by Crippen LogP contribution is 2.57. The van der Waals surface area contributed by atoms with Gasteiger partial charge in [-0.15, -0.1) is 0 Å². The van der Waals surface area contributed by atoms with Gasteiger partial charge in [-0.3, -0.25) is 4.90 Å². The van der Waals surface area contributed by atoms with Crippen LogP contribution in [0.4, 0.5) is 0 Å². The van der Waals surface area contributed by atoms with Crippen LogP contribution in [0.1, 0.15) is 30.6 Å². The molecule has 140 valence electrons. The number of fused-ring (bicyclic) bond motifs is 4. The van der Waals surface area contributed by atoms with Crippen LogP contribution < -0.4 is 0 Å². The molecule has 2 aromatic rings. The van der Waals surface area contributed by atoms with Gasteiger partial charge in [0.15, 0.2) is 6.29 Å². The number of hydrogen-bond donors (Lipinski definition) is 2. The molecule has 1 aromatic carbocycles. The predicted molar refractivity (Wildman–Crippen MR) is 99.8 cm³/mol. The Hall–Kier alpha value is -1.40. The van der Waals surface area contributed by atoms with Crippen molar-refractivity contribution in [3.8, 4) is 0 Å². The van der Waals surface area contributed by atoms with E-state index < -0.39 is 0 Å². The minimum absolute atomic E-state index is 0.221. The fourth-order valence-corrected chi connectivity index (χ4v) is 6.40. The van der Waals surface area contributed by atoms with E-state index in [4.69, 9.17) is 9.47 Å². The number of H-pyrrole nitrogens is 1. The molecule has 5 nitrogen and oxygen atoms in total. The van der Waals surface area contributed by atoms with Gasteiger partial charge in [0.1, 0.15) is 0 Å². The van der Waals surface area contributed by atoms with Gasteiger partial charge in [0.25, 0.3) is 0 Å². The molecular weight excluding hydrogens is 328 g/mol. The lowest BCUT2D eigenvalue weighted by atomic mass is 9.59. The molecule has 2 unspecified atom stereocenters. The first-order valence-electron chi connectivity index (χ1n) is 9.73. The van der Waals surface area contributed by atoms with Crippen LogP contribution in [-0.2, 0) is 15.9 Å². The highest BCUT2D eigenvalue weighted by Gasteiger charge is 2.59. The van der Waals surface area contributed by atoms with Crippen LogP contribution in [0.3, 0.4) is 0 Å². The Morgan fingerprint density at radius 1 is 1.27 bits per heavy atom. The summed E-state index contributed by atoms with van der Waals surface area (Å²) in [6.07, 6.45) is 1.85. The molecule has 1 aromatic heterocycles. The third-order valence-electron chi connectivity index (χ3n) is 7.40. The van der Waals surface area contributed by atoms with E-state index in [2.05, 4.69) is 41.1 Å². The van der Waals surface area contributed by atoms with E-state index in [9.17, 15) is 5.11 Å². The number of aromatic amines is 1. The van der Waals surface area contributed by atoms with Gasteiger partial charge in [0.2, 0.25) is 0 Å². The number of aliphatic hydroxyl groups is 1. The highest BCUT2D eigenvalue weighted by atomic mass is 16.7. The number of aliphatic hydroxyl groups excluding tert-OH is 1. The fraction of sp³-hybridized carbons (Fsp3) is 0.619. The molecule has 6 rings (SSSR count). The molecule has 0 aliphatic carbocycles. The topological polar surface area (TPSA) is 57.7 Å². The number of rotatable bonds is 4. The normalized spacial score (nSPS) is 38.1. The first-order chi connectivity index (χ1) is 12.7. The van der Waals surface area contributed by atoms with Crippen LogP contribution in [0.15, 0.2) is 24.3 Å². The van der Waals surface area contributed by atoms with Crippen molar-refractivity contribution in [2.75, 3.05) is 20.8 Å². The van der Waals surface area contributed by atoms with Gasteiger partial charge < -0.3 is 19.6 Å².